The van der Waals surface area contributed by atoms with Crippen LogP contribution in [0.2, 0.25) is 0 Å². The molecule has 0 spiro atoms. The van der Waals surface area contributed by atoms with Crippen LogP contribution in [0.3, 0.4) is 0 Å². The van der Waals surface area contributed by atoms with Gasteiger partial charge in [0.25, 0.3) is 0 Å². The van der Waals surface area contributed by atoms with Crippen LogP contribution in [0.5, 0.6) is 0 Å². The molecule has 0 aliphatic carbocycles. The van der Waals surface area contributed by atoms with E-state index in [-0.39, 0.29) is 56.8 Å². The fourth-order valence-corrected chi connectivity index (χ4v) is 8.13. The van der Waals surface area contributed by atoms with Gasteiger partial charge < -0.3 is 13.3 Å². The first kappa shape index (κ1) is 22.0. The van der Waals surface area contributed by atoms with Gasteiger partial charge in [0.2, 0.25) is 0 Å². The predicted octanol–water partition coefficient (Wildman–Crippen LogP) is 14.7. The van der Waals surface area contributed by atoms with Crippen LogP contribution in [0.15, 0.2) is 183 Å². The van der Waals surface area contributed by atoms with E-state index >= 15 is 0 Å². The van der Waals surface area contributed by atoms with E-state index in [2.05, 4.69) is 0 Å². The third kappa shape index (κ3) is 4.10. The van der Waals surface area contributed by atoms with Crippen molar-refractivity contribution in [2.45, 2.75) is 0 Å². The maximum Gasteiger partial charge on any atom is 0.178 e. The molecule has 0 bridgehead atoms. The minimum atomic E-state index is -0.469. The topological polar surface area (TPSA) is 39.4 Å². The summed E-state index contributed by atoms with van der Waals surface area (Å²) in [7, 11) is 0. The highest BCUT2D eigenvalue weighted by Crippen LogP contribution is 2.48. The molecule has 0 N–H and O–H groups in total. The van der Waals surface area contributed by atoms with Crippen molar-refractivity contribution < 1.29 is 24.2 Å². The van der Waals surface area contributed by atoms with E-state index in [9.17, 15) is 5.48 Å². The van der Waals surface area contributed by atoms with Gasteiger partial charge in [0.1, 0.15) is 22.5 Å². The first-order valence-electron chi connectivity index (χ1n) is 21.3. The van der Waals surface area contributed by atoms with Crippen molar-refractivity contribution in [3.05, 3.63) is 170 Å². The molecule has 246 valence electrons. The van der Waals surface area contributed by atoms with Gasteiger partial charge in [-0.3, -0.25) is 0 Å². The van der Waals surface area contributed by atoms with Gasteiger partial charge in [-0.1, -0.05) is 127 Å². The molecule has 0 aliphatic heterocycles. The zero-order valence-corrected chi connectivity index (χ0v) is 27.8. The third-order valence-electron chi connectivity index (χ3n) is 10.5. The Morgan fingerprint density at radius 3 is 1.85 bits per heavy atom. The lowest BCUT2D eigenvalue weighted by atomic mass is 9.84. The number of furan rings is 3. The summed E-state index contributed by atoms with van der Waals surface area (Å²) in [5.74, 6) is 0.665. The summed E-state index contributed by atoms with van der Waals surface area (Å²) in [6.07, 6.45) is 0. The Balaban J connectivity index is 1.24. The van der Waals surface area contributed by atoms with Gasteiger partial charge in [-0.2, -0.15) is 0 Å². The van der Waals surface area contributed by atoms with Crippen LogP contribution in [-0.4, -0.2) is 0 Å². The maximum atomic E-state index is 9.55. The van der Waals surface area contributed by atoms with Crippen molar-refractivity contribution in [3.8, 4) is 33.6 Å². The monoisotopic (exact) mass is 684 g/mol. The molecule has 0 atom stereocenters. The lowest BCUT2D eigenvalue weighted by Gasteiger charge is -2.18. The molecular formula is C50H28O3. The van der Waals surface area contributed by atoms with Crippen LogP contribution in [0.25, 0.3) is 121 Å². The summed E-state index contributed by atoms with van der Waals surface area (Å²) < 4.78 is 93.3. The molecule has 3 heteroatoms. The van der Waals surface area contributed by atoms with E-state index in [4.69, 9.17) is 18.7 Å². The largest absolute Gasteiger partial charge is 0.456 e. The Hall–Kier alpha value is -7.10. The first-order valence-corrected chi connectivity index (χ1v) is 17.3. The fourth-order valence-electron chi connectivity index (χ4n) is 8.13. The molecule has 0 saturated carbocycles. The number of rotatable bonds is 3. The Morgan fingerprint density at radius 1 is 0.377 bits per heavy atom. The Bertz CT molecular complexity index is 3840. The second-order valence-electron chi connectivity index (χ2n) is 13.4. The molecule has 0 unspecified atom stereocenters. The molecular weight excluding hydrogens is 649 g/mol. The molecule has 12 rings (SSSR count). The van der Waals surface area contributed by atoms with Crippen molar-refractivity contribution in [1.29, 1.82) is 0 Å². The zero-order valence-electron chi connectivity index (χ0n) is 35.8. The summed E-state index contributed by atoms with van der Waals surface area (Å²) in [4.78, 5) is 0. The molecule has 0 fully saturated rings. The summed E-state index contributed by atoms with van der Waals surface area (Å²) >= 11 is 0. The highest BCUT2D eigenvalue weighted by molar-refractivity contribution is 6.27. The quantitative estimate of drug-likeness (QED) is 0.174. The second-order valence-corrected chi connectivity index (χ2v) is 13.4. The fraction of sp³-hybridized carbons (Fsp3) is 0. The van der Waals surface area contributed by atoms with Crippen LogP contribution in [0.1, 0.15) is 11.0 Å². The van der Waals surface area contributed by atoms with E-state index in [0.717, 1.165) is 32.5 Å². The standard InChI is InChI=1S/C50H28O3/c1-2-11-29(12-3-1)44-28-33-21-23-39-48-38(19-10-20-43(48)52-50(39)49(33)53-44)47-36-17-8-6-15-34(36)46(35-16-7-9-18-37(35)47)32-22-24-42-40(26-32)41-25-30-13-4-5-14-31(30)27-45(41)51-42/h1-28H/i6D,7D,8D,9D,15D,16D,17D,18D. The van der Waals surface area contributed by atoms with E-state index in [1.165, 1.54) is 0 Å². The van der Waals surface area contributed by atoms with Crippen molar-refractivity contribution >= 4 is 87.2 Å². The van der Waals surface area contributed by atoms with E-state index in [1.807, 2.05) is 103 Å². The molecule has 0 saturated heterocycles. The molecule has 53 heavy (non-hydrogen) atoms. The van der Waals surface area contributed by atoms with Crippen molar-refractivity contribution in [1.82, 2.24) is 0 Å². The lowest BCUT2D eigenvalue weighted by Crippen LogP contribution is -1.91. The summed E-state index contributed by atoms with van der Waals surface area (Å²) in [6.45, 7) is 0. The number of fused-ring (bicyclic) bond motifs is 11. The smallest absolute Gasteiger partial charge is 0.178 e. The molecule has 3 heterocycles. The second kappa shape index (κ2) is 10.7. The summed E-state index contributed by atoms with van der Waals surface area (Å²) in [5.41, 5.74) is 5.13. The molecule has 12 aromatic rings. The van der Waals surface area contributed by atoms with Crippen LogP contribution in [-0.2, 0) is 0 Å². The van der Waals surface area contributed by atoms with Crippen molar-refractivity contribution in [2.75, 3.05) is 0 Å². The average molecular weight is 685 g/mol. The highest BCUT2D eigenvalue weighted by Gasteiger charge is 2.22. The van der Waals surface area contributed by atoms with E-state index in [1.54, 1.807) is 18.2 Å². The number of hydrogen-bond acceptors (Lipinski definition) is 3. The summed E-state index contributed by atoms with van der Waals surface area (Å²) in [6, 6.07) is 35.2. The average Bonchev–Trinajstić information content (AvgIpc) is 4.00. The highest BCUT2D eigenvalue weighted by atomic mass is 16.4. The Morgan fingerprint density at radius 2 is 1.08 bits per heavy atom. The Labute approximate surface area is 314 Å². The van der Waals surface area contributed by atoms with Crippen molar-refractivity contribution in [3.63, 3.8) is 0 Å². The minimum Gasteiger partial charge on any atom is -0.456 e. The lowest BCUT2D eigenvalue weighted by molar-refractivity contribution is 0.611. The van der Waals surface area contributed by atoms with Crippen LogP contribution < -0.4 is 0 Å². The van der Waals surface area contributed by atoms with Gasteiger partial charge in [0.05, 0.1) is 11.0 Å². The summed E-state index contributed by atoms with van der Waals surface area (Å²) in [5, 5.41) is 6.20. The van der Waals surface area contributed by atoms with Gasteiger partial charge in [-0.05, 0) is 97.0 Å². The van der Waals surface area contributed by atoms with E-state index < -0.39 is 24.2 Å². The molecule has 0 radical (unpaired) electrons. The molecule has 0 aliphatic rings. The Kier molecular flexibility index (Phi) is 4.44. The molecule has 3 aromatic heterocycles. The number of hydrogen-bond donors (Lipinski definition) is 0. The van der Waals surface area contributed by atoms with Gasteiger partial charge in [0.15, 0.2) is 11.2 Å². The van der Waals surface area contributed by atoms with Gasteiger partial charge in [-0.25, -0.2) is 0 Å². The normalized spacial score (nSPS) is 14.3. The van der Waals surface area contributed by atoms with Crippen molar-refractivity contribution in [2.24, 2.45) is 0 Å². The van der Waals surface area contributed by atoms with Gasteiger partial charge in [-0.15, -0.1) is 0 Å². The van der Waals surface area contributed by atoms with Gasteiger partial charge >= 0.3 is 0 Å². The zero-order chi connectivity index (χ0) is 41.6. The van der Waals surface area contributed by atoms with E-state index in [0.29, 0.717) is 55.6 Å². The van der Waals surface area contributed by atoms with Crippen LogP contribution in [0, 0.1) is 0 Å². The van der Waals surface area contributed by atoms with Crippen LogP contribution in [0.4, 0.5) is 0 Å². The van der Waals surface area contributed by atoms with Crippen LogP contribution >= 0.6 is 0 Å². The molecule has 3 nitrogen and oxygen atoms in total. The third-order valence-corrected chi connectivity index (χ3v) is 10.5. The molecule has 9 aromatic carbocycles. The maximum absolute atomic E-state index is 9.55. The molecule has 0 amide bonds. The first-order chi connectivity index (χ1) is 29.6. The van der Waals surface area contributed by atoms with Gasteiger partial charge in [0, 0.05) is 32.5 Å². The SMILES string of the molecule is [2H]c1c([2H])c([2H])c2c(-c3cccc4oc5c(ccc6cc(-c7ccccc7)oc65)c34)c3c([2H])c([2H])c([2H])c([2H])c3c(-c3ccc4oc5cc6ccccc6cc5c4c3)c2c1[2H]. The number of benzene rings is 9. The predicted molar refractivity (Wildman–Crippen MR) is 220 cm³/mol. The minimum absolute atomic E-state index is 0.119.